The zero-order chi connectivity index (χ0) is 19.8. The third-order valence-electron chi connectivity index (χ3n) is 4.55. The number of ether oxygens (including phenoxy) is 2. The largest absolute Gasteiger partial charge is 0.486 e. The molecule has 0 saturated heterocycles. The van der Waals surface area contributed by atoms with E-state index in [1.807, 2.05) is 25.2 Å². The zero-order valence-electron chi connectivity index (χ0n) is 15.5. The third-order valence-corrected chi connectivity index (χ3v) is 4.55. The lowest BCUT2D eigenvalue weighted by atomic mass is 10.2. The smallest absolute Gasteiger partial charge is 0.229 e. The molecule has 5 rings (SSSR count). The highest BCUT2D eigenvalue weighted by Gasteiger charge is 2.14. The number of aryl methyl sites for hydroxylation is 1. The molecular formula is C20H17FN6O2. The number of anilines is 4. The van der Waals surface area contributed by atoms with Crippen LogP contribution in [0.5, 0.6) is 11.5 Å². The Kier molecular flexibility index (Phi) is 4.12. The minimum atomic E-state index is -0.562. The van der Waals surface area contributed by atoms with Gasteiger partial charge in [-0.15, -0.1) is 0 Å². The van der Waals surface area contributed by atoms with Crippen LogP contribution in [0.4, 0.5) is 27.5 Å². The summed E-state index contributed by atoms with van der Waals surface area (Å²) >= 11 is 0. The summed E-state index contributed by atoms with van der Waals surface area (Å²) in [4.78, 5) is 8.29. The van der Waals surface area contributed by atoms with E-state index in [1.54, 1.807) is 29.1 Å². The molecule has 0 spiro atoms. The van der Waals surface area contributed by atoms with Crippen molar-refractivity contribution in [2.24, 2.45) is 7.05 Å². The average Bonchev–Trinajstić information content (AvgIpc) is 3.11. The van der Waals surface area contributed by atoms with Crippen molar-refractivity contribution in [2.45, 2.75) is 0 Å². The fourth-order valence-electron chi connectivity index (χ4n) is 3.12. The van der Waals surface area contributed by atoms with Crippen LogP contribution in [0.3, 0.4) is 0 Å². The van der Waals surface area contributed by atoms with E-state index in [1.165, 1.54) is 0 Å². The Hall–Kier alpha value is -3.88. The van der Waals surface area contributed by atoms with E-state index in [4.69, 9.17) is 9.47 Å². The second-order valence-corrected chi connectivity index (χ2v) is 6.54. The van der Waals surface area contributed by atoms with Crippen molar-refractivity contribution in [1.29, 1.82) is 0 Å². The van der Waals surface area contributed by atoms with E-state index >= 15 is 0 Å². The number of halogens is 1. The van der Waals surface area contributed by atoms with Gasteiger partial charge in [-0.25, -0.2) is 9.37 Å². The molecule has 0 amide bonds. The van der Waals surface area contributed by atoms with Crippen LogP contribution in [0.25, 0.3) is 10.9 Å². The quantitative estimate of drug-likeness (QED) is 0.547. The van der Waals surface area contributed by atoms with Crippen LogP contribution in [-0.2, 0) is 7.05 Å². The summed E-state index contributed by atoms with van der Waals surface area (Å²) in [6.45, 7) is 0.993. The molecule has 0 aliphatic carbocycles. The van der Waals surface area contributed by atoms with Gasteiger partial charge in [-0.1, -0.05) is 0 Å². The highest BCUT2D eigenvalue weighted by atomic mass is 19.1. The monoisotopic (exact) mass is 392 g/mol. The van der Waals surface area contributed by atoms with Crippen molar-refractivity contribution in [3.05, 3.63) is 54.6 Å². The Labute approximate surface area is 165 Å². The molecule has 2 N–H and O–H groups in total. The summed E-state index contributed by atoms with van der Waals surface area (Å²) in [5.41, 5.74) is 2.37. The van der Waals surface area contributed by atoms with E-state index in [0.717, 1.165) is 22.8 Å². The van der Waals surface area contributed by atoms with Gasteiger partial charge in [-0.05, 0) is 30.3 Å². The minimum Gasteiger partial charge on any atom is -0.486 e. The van der Waals surface area contributed by atoms with Crippen LogP contribution in [0.1, 0.15) is 0 Å². The van der Waals surface area contributed by atoms with Gasteiger partial charge in [0.05, 0.1) is 17.9 Å². The average molecular weight is 392 g/mol. The molecule has 9 heteroatoms. The Bertz CT molecular complexity index is 1210. The topological polar surface area (TPSA) is 86.1 Å². The van der Waals surface area contributed by atoms with Crippen molar-refractivity contribution in [3.8, 4) is 11.5 Å². The highest BCUT2D eigenvalue weighted by Crippen LogP contribution is 2.33. The van der Waals surface area contributed by atoms with Crippen molar-refractivity contribution in [2.75, 3.05) is 23.8 Å². The fraction of sp³-hybridized carbons (Fsp3) is 0.150. The van der Waals surface area contributed by atoms with Crippen LogP contribution >= 0.6 is 0 Å². The zero-order valence-corrected chi connectivity index (χ0v) is 15.5. The number of nitrogens with one attached hydrogen (secondary N) is 2. The summed E-state index contributed by atoms with van der Waals surface area (Å²) in [5, 5.41) is 11.3. The number of aromatic nitrogens is 4. The summed E-state index contributed by atoms with van der Waals surface area (Å²) in [6.07, 6.45) is 2.92. The first-order chi connectivity index (χ1) is 14.2. The summed E-state index contributed by atoms with van der Waals surface area (Å²) in [5.74, 6) is 1.04. The number of hydrogen-bond acceptors (Lipinski definition) is 7. The summed E-state index contributed by atoms with van der Waals surface area (Å²) in [7, 11) is 1.87. The van der Waals surface area contributed by atoms with Crippen LogP contribution in [-0.4, -0.2) is 33.0 Å². The Balaban J connectivity index is 1.40. The molecule has 3 heterocycles. The Morgan fingerprint density at radius 2 is 1.76 bits per heavy atom. The SMILES string of the molecule is Cn1ncc2ccc(Nc3ncc(F)c(Nc4ccc5c(c4)OCCO5)n3)cc21. The van der Waals surface area contributed by atoms with E-state index in [2.05, 4.69) is 25.7 Å². The van der Waals surface area contributed by atoms with Crippen LogP contribution in [0.15, 0.2) is 48.8 Å². The molecule has 0 radical (unpaired) electrons. The van der Waals surface area contributed by atoms with Crippen molar-refractivity contribution >= 4 is 34.0 Å². The molecule has 0 fully saturated rings. The maximum Gasteiger partial charge on any atom is 0.229 e. The second kappa shape index (κ2) is 6.93. The van der Waals surface area contributed by atoms with Gasteiger partial charge in [0.15, 0.2) is 23.1 Å². The molecule has 2 aromatic heterocycles. The maximum atomic E-state index is 14.3. The number of fused-ring (bicyclic) bond motifs is 2. The lowest BCUT2D eigenvalue weighted by Gasteiger charge is -2.19. The molecule has 1 aliphatic heterocycles. The highest BCUT2D eigenvalue weighted by molar-refractivity contribution is 5.83. The number of nitrogens with zero attached hydrogens (tertiary/aromatic N) is 4. The molecule has 4 aromatic rings. The first-order valence-electron chi connectivity index (χ1n) is 9.04. The number of hydrogen-bond donors (Lipinski definition) is 2. The summed E-state index contributed by atoms with van der Waals surface area (Å²) < 4.78 is 27.1. The molecule has 0 unspecified atom stereocenters. The lowest BCUT2D eigenvalue weighted by molar-refractivity contribution is 0.171. The van der Waals surface area contributed by atoms with Gasteiger partial charge in [-0.2, -0.15) is 10.1 Å². The predicted octanol–water partition coefficient (Wildman–Crippen LogP) is 3.76. The van der Waals surface area contributed by atoms with Gasteiger partial charge in [0, 0.05) is 29.9 Å². The van der Waals surface area contributed by atoms with Gasteiger partial charge in [0.25, 0.3) is 0 Å². The molecule has 29 heavy (non-hydrogen) atoms. The minimum absolute atomic E-state index is 0.0563. The van der Waals surface area contributed by atoms with Gasteiger partial charge < -0.3 is 20.1 Å². The molecule has 146 valence electrons. The number of rotatable bonds is 4. The van der Waals surface area contributed by atoms with Crippen LogP contribution < -0.4 is 20.1 Å². The van der Waals surface area contributed by atoms with E-state index in [0.29, 0.717) is 30.4 Å². The second-order valence-electron chi connectivity index (χ2n) is 6.54. The Morgan fingerprint density at radius 1 is 0.966 bits per heavy atom. The van der Waals surface area contributed by atoms with Crippen LogP contribution in [0.2, 0.25) is 0 Å². The molecule has 8 nitrogen and oxygen atoms in total. The molecule has 0 saturated carbocycles. The third kappa shape index (κ3) is 3.38. The van der Waals surface area contributed by atoms with E-state index in [-0.39, 0.29) is 11.8 Å². The summed E-state index contributed by atoms with van der Waals surface area (Å²) in [6, 6.07) is 11.1. The molecule has 0 atom stereocenters. The first kappa shape index (κ1) is 17.2. The first-order valence-corrected chi connectivity index (χ1v) is 9.04. The normalized spacial score (nSPS) is 12.8. The molecular weight excluding hydrogens is 375 g/mol. The lowest BCUT2D eigenvalue weighted by Crippen LogP contribution is -2.15. The van der Waals surface area contributed by atoms with Crippen molar-refractivity contribution in [1.82, 2.24) is 19.7 Å². The standard InChI is InChI=1S/C20H17FN6O2/c1-27-16-8-13(3-2-12(16)10-23-27)25-20-22-11-15(21)19(26-20)24-14-4-5-17-18(9-14)29-7-6-28-17/h2-5,8-11H,6-7H2,1H3,(H2,22,24,25,26). The number of benzene rings is 2. The predicted molar refractivity (Wildman–Crippen MR) is 107 cm³/mol. The van der Waals surface area contributed by atoms with Gasteiger partial charge in [-0.3, -0.25) is 4.68 Å². The molecule has 1 aliphatic rings. The molecule has 0 bridgehead atoms. The van der Waals surface area contributed by atoms with Gasteiger partial charge in [0.1, 0.15) is 13.2 Å². The van der Waals surface area contributed by atoms with Crippen LogP contribution in [0, 0.1) is 5.82 Å². The van der Waals surface area contributed by atoms with E-state index < -0.39 is 5.82 Å². The fourth-order valence-corrected chi connectivity index (χ4v) is 3.12. The molecule has 2 aromatic carbocycles. The van der Waals surface area contributed by atoms with Gasteiger partial charge in [0.2, 0.25) is 5.95 Å². The van der Waals surface area contributed by atoms with E-state index in [9.17, 15) is 4.39 Å². The van der Waals surface area contributed by atoms with Crippen molar-refractivity contribution in [3.63, 3.8) is 0 Å². The Morgan fingerprint density at radius 3 is 2.66 bits per heavy atom. The maximum absolute atomic E-state index is 14.3. The van der Waals surface area contributed by atoms with Gasteiger partial charge >= 0.3 is 0 Å². The van der Waals surface area contributed by atoms with Crippen molar-refractivity contribution < 1.29 is 13.9 Å².